The number of nitrogens with one attached hydrogen (secondary N) is 4. The Kier molecular flexibility index (Phi) is 5.94. The highest BCUT2D eigenvalue weighted by atomic mass is 16.2. The molecule has 1 aliphatic carbocycles. The predicted octanol–water partition coefficient (Wildman–Crippen LogP) is 2.72. The molecule has 0 saturated heterocycles. The molecule has 1 atom stereocenters. The highest BCUT2D eigenvalue weighted by Crippen LogP contribution is 2.39. The number of carbonyl (C=O) groups is 1. The maximum absolute atomic E-state index is 12.1. The Balaban J connectivity index is 1.70. The van der Waals surface area contributed by atoms with E-state index in [2.05, 4.69) is 51.1 Å². The third-order valence-electron chi connectivity index (χ3n) is 6.02. The molecule has 3 aliphatic rings. The van der Waals surface area contributed by atoms with Crippen LogP contribution in [0.1, 0.15) is 61.0 Å². The third kappa shape index (κ3) is 4.05. The van der Waals surface area contributed by atoms with E-state index in [1.54, 1.807) is 18.6 Å². The van der Waals surface area contributed by atoms with Gasteiger partial charge in [0.25, 0.3) is 5.91 Å². The SMILES string of the molecule is CCNCCc1c(C)[nH]c(C=C2NC=CN=C2C2C=NNC2=O)c1C1CCCC1. The lowest BCUT2D eigenvalue weighted by Crippen LogP contribution is -2.32. The van der Waals surface area contributed by atoms with E-state index in [1.165, 1.54) is 42.5 Å². The number of allylic oxidation sites excluding steroid dienone is 1. The average molecular weight is 395 g/mol. The van der Waals surface area contributed by atoms with Crippen molar-refractivity contribution in [1.82, 2.24) is 21.0 Å². The van der Waals surface area contributed by atoms with Crippen LogP contribution < -0.4 is 16.1 Å². The van der Waals surface area contributed by atoms with Crippen molar-refractivity contribution in [2.75, 3.05) is 13.1 Å². The van der Waals surface area contributed by atoms with Gasteiger partial charge >= 0.3 is 0 Å². The zero-order chi connectivity index (χ0) is 20.2. The zero-order valence-corrected chi connectivity index (χ0v) is 17.2. The van der Waals surface area contributed by atoms with Crippen molar-refractivity contribution in [3.8, 4) is 0 Å². The van der Waals surface area contributed by atoms with Crippen molar-refractivity contribution < 1.29 is 4.79 Å². The quantitative estimate of drug-likeness (QED) is 0.536. The first kappa shape index (κ1) is 19.6. The first-order valence-electron chi connectivity index (χ1n) is 10.7. The molecule has 3 heterocycles. The highest BCUT2D eigenvalue weighted by molar-refractivity contribution is 6.24. The standard InChI is InChI=1S/C22H30N6O/c1-3-23-9-8-16-14(2)27-18(20(16)15-6-4-5-7-15)12-19-21(25-11-10-24-19)17-13-26-28-22(17)29/h10-13,15,17,23-24,27H,3-9H2,1-2H3,(H,28,29). The van der Waals surface area contributed by atoms with Crippen LogP contribution in [-0.2, 0) is 11.2 Å². The van der Waals surface area contributed by atoms with E-state index in [1.807, 2.05) is 0 Å². The molecule has 7 heteroatoms. The highest BCUT2D eigenvalue weighted by Gasteiger charge is 2.31. The normalized spacial score (nSPS) is 23.0. The van der Waals surface area contributed by atoms with Gasteiger partial charge < -0.3 is 15.6 Å². The van der Waals surface area contributed by atoms with Crippen LogP contribution >= 0.6 is 0 Å². The first-order valence-corrected chi connectivity index (χ1v) is 10.7. The van der Waals surface area contributed by atoms with Crippen LogP contribution in [0.2, 0.25) is 0 Å². The van der Waals surface area contributed by atoms with Gasteiger partial charge in [-0.25, -0.2) is 5.43 Å². The Labute approximate surface area is 171 Å². The smallest absolute Gasteiger partial charge is 0.254 e. The van der Waals surface area contributed by atoms with Crippen LogP contribution in [0.4, 0.5) is 0 Å². The number of aliphatic imine (C=N–C) groups is 1. The summed E-state index contributed by atoms with van der Waals surface area (Å²) in [4.78, 5) is 20.3. The number of likely N-dealkylation sites (N-methyl/N-ethyl adjacent to an activating group) is 1. The van der Waals surface area contributed by atoms with Crippen LogP contribution in [0.25, 0.3) is 6.08 Å². The maximum Gasteiger partial charge on any atom is 0.254 e. The number of hydrazone groups is 1. The van der Waals surface area contributed by atoms with Crippen LogP contribution in [0.3, 0.4) is 0 Å². The molecule has 7 nitrogen and oxygen atoms in total. The maximum atomic E-state index is 12.1. The van der Waals surface area contributed by atoms with Crippen LogP contribution in [0, 0.1) is 12.8 Å². The molecule has 1 saturated carbocycles. The molecule has 4 N–H and O–H groups in total. The average Bonchev–Trinajstić information content (AvgIpc) is 3.44. The first-order chi connectivity index (χ1) is 14.2. The van der Waals surface area contributed by atoms with Gasteiger partial charge in [0.2, 0.25) is 0 Å². The molecule has 0 bridgehead atoms. The number of hydrogen-bond acceptors (Lipinski definition) is 5. The Morgan fingerprint density at radius 3 is 2.86 bits per heavy atom. The molecule has 0 radical (unpaired) electrons. The Hall–Kier alpha value is -2.67. The van der Waals surface area contributed by atoms with E-state index in [0.717, 1.165) is 30.9 Å². The fraction of sp³-hybridized carbons (Fsp3) is 0.500. The number of aryl methyl sites for hydroxylation is 1. The van der Waals surface area contributed by atoms with E-state index in [0.29, 0.717) is 11.6 Å². The molecule has 1 unspecified atom stereocenters. The van der Waals surface area contributed by atoms with Crippen molar-refractivity contribution in [2.45, 2.75) is 51.9 Å². The van der Waals surface area contributed by atoms with E-state index in [9.17, 15) is 4.79 Å². The fourth-order valence-electron chi connectivity index (χ4n) is 4.62. The summed E-state index contributed by atoms with van der Waals surface area (Å²) in [6.45, 7) is 6.28. The van der Waals surface area contributed by atoms with Crippen molar-refractivity contribution in [3.63, 3.8) is 0 Å². The summed E-state index contributed by atoms with van der Waals surface area (Å²) in [7, 11) is 0. The summed E-state index contributed by atoms with van der Waals surface area (Å²) in [6, 6.07) is 0. The fourth-order valence-corrected chi connectivity index (χ4v) is 4.62. The van der Waals surface area contributed by atoms with E-state index < -0.39 is 5.92 Å². The molecule has 29 heavy (non-hydrogen) atoms. The number of aromatic nitrogens is 1. The van der Waals surface area contributed by atoms with Gasteiger partial charge in [0.1, 0.15) is 5.92 Å². The van der Waals surface area contributed by atoms with Crippen molar-refractivity contribution in [1.29, 1.82) is 0 Å². The summed E-state index contributed by atoms with van der Waals surface area (Å²) in [6.07, 6.45) is 13.3. The minimum atomic E-state index is -0.460. The number of aromatic amines is 1. The molecular formula is C22H30N6O. The van der Waals surface area contributed by atoms with Gasteiger partial charge in [-0.1, -0.05) is 19.8 Å². The number of rotatable bonds is 7. The van der Waals surface area contributed by atoms with Gasteiger partial charge in [0, 0.05) is 30.0 Å². The second-order valence-corrected chi connectivity index (χ2v) is 7.91. The van der Waals surface area contributed by atoms with Gasteiger partial charge in [0.15, 0.2) is 0 Å². The summed E-state index contributed by atoms with van der Waals surface area (Å²) in [5, 5.41) is 10.6. The van der Waals surface area contributed by atoms with E-state index >= 15 is 0 Å². The number of hydrogen-bond donors (Lipinski definition) is 4. The van der Waals surface area contributed by atoms with E-state index in [4.69, 9.17) is 0 Å². The van der Waals surface area contributed by atoms with Gasteiger partial charge in [-0.05, 0) is 62.4 Å². The monoisotopic (exact) mass is 394 g/mol. The molecule has 154 valence electrons. The lowest BCUT2D eigenvalue weighted by Gasteiger charge is -2.18. The summed E-state index contributed by atoms with van der Waals surface area (Å²) < 4.78 is 0. The summed E-state index contributed by atoms with van der Waals surface area (Å²) >= 11 is 0. The molecular weight excluding hydrogens is 364 g/mol. The Morgan fingerprint density at radius 2 is 2.14 bits per heavy atom. The second kappa shape index (κ2) is 8.78. The van der Waals surface area contributed by atoms with Crippen LogP contribution in [0.15, 0.2) is 28.2 Å². The number of H-pyrrole nitrogens is 1. The molecule has 0 aromatic carbocycles. The number of nitrogens with zero attached hydrogens (tertiary/aromatic N) is 2. The molecule has 1 fully saturated rings. The third-order valence-corrected chi connectivity index (χ3v) is 6.02. The minimum absolute atomic E-state index is 0.142. The van der Waals surface area contributed by atoms with Crippen LogP contribution in [-0.4, -0.2) is 35.9 Å². The predicted molar refractivity (Wildman–Crippen MR) is 117 cm³/mol. The molecule has 4 rings (SSSR count). The zero-order valence-electron chi connectivity index (χ0n) is 17.2. The van der Waals surface area contributed by atoms with Gasteiger partial charge in [-0.2, -0.15) is 5.10 Å². The largest absolute Gasteiger partial charge is 0.359 e. The van der Waals surface area contributed by atoms with Gasteiger partial charge in [-0.3, -0.25) is 9.79 Å². The van der Waals surface area contributed by atoms with Gasteiger partial charge in [-0.15, -0.1) is 0 Å². The number of carbonyl (C=O) groups excluding carboxylic acids is 1. The lowest BCUT2D eigenvalue weighted by molar-refractivity contribution is -0.120. The number of amides is 1. The summed E-state index contributed by atoms with van der Waals surface area (Å²) in [5.41, 5.74) is 9.32. The molecule has 2 aliphatic heterocycles. The Morgan fingerprint density at radius 1 is 1.31 bits per heavy atom. The topological polar surface area (TPSA) is 93.7 Å². The molecule has 1 amide bonds. The molecule has 1 aromatic rings. The molecule has 0 spiro atoms. The van der Waals surface area contributed by atoms with E-state index in [-0.39, 0.29) is 5.91 Å². The molecule has 1 aromatic heterocycles. The van der Waals surface area contributed by atoms with Gasteiger partial charge in [0.05, 0.1) is 11.4 Å². The second-order valence-electron chi connectivity index (χ2n) is 7.91. The lowest BCUT2D eigenvalue weighted by atomic mass is 9.90. The van der Waals surface area contributed by atoms with Crippen LogP contribution in [0.5, 0.6) is 0 Å². The summed E-state index contributed by atoms with van der Waals surface area (Å²) in [5.74, 6) is -0.00559. The van der Waals surface area contributed by atoms with Crippen molar-refractivity contribution in [3.05, 3.63) is 40.6 Å². The minimum Gasteiger partial charge on any atom is -0.359 e. The van der Waals surface area contributed by atoms with Crippen molar-refractivity contribution >= 4 is 23.9 Å². The van der Waals surface area contributed by atoms with Crippen molar-refractivity contribution in [2.24, 2.45) is 16.0 Å². The Bertz CT molecular complexity index is 885.